The molecule has 3 heterocycles. The van der Waals surface area contributed by atoms with E-state index in [2.05, 4.69) is 25.4 Å². The highest BCUT2D eigenvalue weighted by Gasteiger charge is 2.07. The van der Waals surface area contributed by atoms with Gasteiger partial charge in [-0.2, -0.15) is 5.10 Å². The van der Waals surface area contributed by atoms with Crippen molar-refractivity contribution in [2.75, 3.05) is 12.4 Å². The summed E-state index contributed by atoms with van der Waals surface area (Å²) >= 11 is 0. The fourth-order valence-electron chi connectivity index (χ4n) is 1.92. The maximum Gasteiger partial charge on any atom is 0.212 e. The minimum Gasteiger partial charge on any atom is -0.481 e. The lowest BCUT2D eigenvalue weighted by Gasteiger charge is -2.06. The molecule has 0 aromatic carbocycles. The van der Waals surface area contributed by atoms with Crippen LogP contribution in [0.1, 0.15) is 5.56 Å². The van der Waals surface area contributed by atoms with Crippen LogP contribution in [0.25, 0.3) is 11.0 Å². The van der Waals surface area contributed by atoms with E-state index in [0.717, 1.165) is 22.4 Å². The van der Waals surface area contributed by atoms with Gasteiger partial charge in [-0.15, -0.1) is 0 Å². The maximum absolute atomic E-state index is 5.03. The van der Waals surface area contributed by atoms with Gasteiger partial charge < -0.3 is 10.1 Å². The third-order valence-electron chi connectivity index (χ3n) is 3.00. The summed E-state index contributed by atoms with van der Waals surface area (Å²) in [5.74, 6) is 1.37. The summed E-state index contributed by atoms with van der Waals surface area (Å²) in [6.07, 6.45) is 5.05. The first-order chi connectivity index (χ1) is 9.78. The van der Waals surface area contributed by atoms with Crippen molar-refractivity contribution in [3.63, 3.8) is 0 Å². The number of rotatable bonds is 4. The van der Waals surface area contributed by atoms with Gasteiger partial charge in [-0.25, -0.2) is 15.0 Å². The first-order valence-corrected chi connectivity index (χ1v) is 6.13. The molecule has 0 radical (unpaired) electrons. The number of nitrogens with zero attached hydrogens (tertiary/aromatic N) is 5. The van der Waals surface area contributed by atoms with Gasteiger partial charge in [-0.1, -0.05) is 6.07 Å². The molecule has 3 rings (SSSR count). The van der Waals surface area contributed by atoms with Gasteiger partial charge in [0.15, 0.2) is 5.65 Å². The Morgan fingerprint density at radius 1 is 1.20 bits per heavy atom. The number of nitrogens with one attached hydrogen (secondary N) is 1. The Morgan fingerprint density at radius 3 is 2.85 bits per heavy atom. The second-order valence-electron chi connectivity index (χ2n) is 4.29. The van der Waals surface area contributed by atoms with Crippen LogP contribution in [0.5, 0.6) is 5.88 Å². The number of anilines is 1. The van der Waals surface area contributed by atoms with Gasteiger partial charge in [0, 0.05) is 25.9 Å². The first-order valence-electron chi connectivity index (χ1n) is 6.13. The van der Waals surface area contributed by atoms with E-state index in [-0.39, 0.29) is 0 Å². The molecule has 102 valence electrons. The number of aromatic nitrogens is 5. The van der Waals surface area contributed by atoms with E-state index in [4.69, 9.17) is 4.74 Å². The van der Waals surface area contributed by atoms with Gasteiger partial charge in [0.1, 0.15) is 12.1 Å². The molecule has 3 aromatic rings. The summed E-state index contributed by atoms with van der Waals surface area (Å²) in [6, 6.07) is 3.79. The predicted octanol–water partition coefficient (Wildman–Crippen LogP) is 1.38. The average Bonchev–Trinajstić information content (AvgIpc) is 2.88. The Kier molecular flexibility index (Phi) is 3.16. The minimum absolute atomic E-state index is 0.602. The van der Waals surface area contributed by atoms with E-state index in [1.165, 1.54) is 6.33 Å². The summed E-state index contributed by atoms with van der Waals surface area (Å²) in [7, 11) is 3.45. The summed E-state index contributed by atoms with van der Waals surface area (Å²) in [6.45, 7) is 0.623. The Bertz CT molecular complexity index is 721. The molecule has 7 nitrogen and oxygen atoms in total. The van der Waals surface area contributed by atoms with Crippen molar-refractivity contribution in [3.8, 4) is 5.88 Å². The average molecular weight is 270 g/mol. The van der Waals surface area contributed by atoms with Crippen molar-refractivity contribution >= 4 is 16.9 Å². The number of fused-ring (bicyclic) bond motifs is 1. The van der Waals surface area contributed by atoms with Crippen LogP contribution in [0, 0.1) is 0 Å². The van der Waals surface area contributed by atoms with Gasteiger partial charge in [0.2, 0.25) is 5.88 Å². The van der Waals surface area contributed by atoms with E-state index in [1.54, 1.807) is 24.2 Å². The van der Waals surface area contributed by atoms with Crippen LogP contribution in [0.15, 0.2) is 30.9 Å². The molecular formula is C13H14N6O. The van der Waals surface area contributed by atoms with Crippen molar-refractivity contribution in [3.05, 3.63) is 36.4 Å². The number of aryl methyl sites for hydroxylation is 1. The molecular weight excluding hydrogens is 256 g/mol. The summed E-state index contributed by atoms with van der Waals surface area (Å²) < 4.78 is 6.75. The van der Waals surface area contributed by atoms with Crippen LogP contribution in [-0.2, 0) is 13.6 Å². The fourth-order valence-corrected chi connectivity index (χ4v) is 1.92. The van der Waals surface area contributed by atoms with Crippen LogP contribution < -0.4 is 10.1 Å². The third-order valence-corrected chi connectivity index (χ3v) is 3.00. The number of pyridine rings is 1. The molecule has 0 atom stereocenters. The Hall–Kier alpha value is -2.70. The smallest absolute Gasteiger partial charge is 0.212 e. The predicted molar refractivity (Wildman–Crippen MR) is 74.4 cm³/mol. The van der Waals surface area contributed by atoms with Crippen LogP contribution in [0.3, 0.4) is 0 Å². The topological polar surface area (TPSA) is 77.8 Å². The maximum atomic E-state index is 5.03. The molecule has 0 saturated carbocycles. The highest BCUT2D eigenvalue weighted by atomic mass is 16.5. The van der Waals surface area contributed by atoms with E-state index in [1.807, 2.05) is 19.2 Å². The van der Waals surface area contributed by atoms with Crippen LogP contribution in [0.4, 0.5) is 5.82 Å². The molecule has 0 aliphatic heterocycles. The molecule has 0 spiro atoms. The lowest BCUT2D eigenvalue weighted by molar-refractivity contribution is 0.397. The summed E-state index contributed by atoms with van der Waals surface area (Å²) in [5.41, 5.74) is 1.84. The quantitative estimate of drug-likeness (QED) is 0.771. The van der Waals surface area contributed by atoms with Gasteiger partial charge in [-0.3, -0.25) is 4.68 Å². The van der Waals surface area contributed by atoms with Crippen molar-refractivity contribution in [1.29, 1.82) is 0 Å². The minimum atomic E-state index is 0.602. The summed E-state index contributed by atoms with van der Waals surface area (Å²) in [4.78, 5) is 12.6. The highest BCUT2D eigenvalue weighted by molar-refractivity contribution is 5.85. The zero-order valence-corrected chi connectivity index (χ0v) is 11.2. The molecule has 0 bridgehead atoms. The van der Waals surface area contributed by atoms with E-state index in [0.29, 0.717) is 12.4 Å². The standard InChI is InChI=1S/C13H14N6O/c1-19-13-10(7-18-19)12(16-8-17-13)15-6-9-3-4-11(20-2)14-5-9/h3-5,7-8H,6H2,1-2H3,(H,15,16,17). The van der Waals surface area contributed by atoms with Gasteiger partial charge in [0.25, 0.3) is 0 Å². The molecule has 0 unspecified atom stereocenters. The zero-order valence-electron chi connectivity index (χ0n) is 11.2. The largest absolute Gasteiger partial charge is 0.481 e. The van der Waals surface area contributed by atoms with Gasteiger partial charge >= 0.3 is 0 Å². The van der Waals surface area contributed by atoms with Crippen molar-refractivity contribution in [2.24, 2.45) is 7.05 Å². The number of hydrogen-bond donors (Lipinski definition) is 1. The lowest BCUT2D eigenvalue weighted by Crippen LogP contribution is -2.03. The second-order valence-corrected chi connectivity index (χ2v) is 4.29. The molecule has 0 amide bonds. The third kappa shape index (κ3) is 2.25. The Labute approximate surface area is 115 Å². The van der Waals surface area contributed by atoms with Crippen LogP contribution >= 0.6 is 0 Å². The fraction of sp³-hybridized carbons (Fsp3) is 0.231. The Morgan fingerprint density at radius 2 is 2.10 bits per heavy atom. The first kappa shape index (κ1) is 12.3. The molecule has 3 aromatic heterocycles. The molecule has 1 N–H and O–H groups in total. The Balaban J connectivity index is 1.79. The molecule has 0 aliphatic carbocycles. The van der Waals surface area contributed by atoms with Crippen molar-refractivity contribution in [2.45, 2.75) is 6.54 Å². The summed E-state index contributed by atoms with van der Waals surface area (Å²) in [5, 5.41) is 8.35. The molecule has 20 heavy (non-hydrogen) atoms. The number of methoxy groups -OCH3 is 1. The second kappa shape index (κ2) is 5.12. The number of ether oxygens (including phenoxy) is 1. The molecule has 0 fully saturated rings. The van der Waals surface area contributed by atoms with Gasteiger partial charge in [-0.05, 0) is 5.56 Å². The molecule has 7 heteroatoms. The zero-order chi connectivity index (χ0) is 13.9. The van der Waals surface area contributed by atoms with Crippen LogP contribution in [0.2, 0.25) is 0 Å². The van der Waals surface area contributed by atoms with E-state index < -0.39 is 0 Å². The lowest BCUT2D eigenvalue weighted by atomic mass is 10.3. The number of hydrogen-bond acceptors (Lipinski definition) is 6. The van der Waals surface area contributed by atoms with Crippen molar-refractivity contribution in [1.82, 2.24) is 24.7 Å². The van der Waals surface area contributed by atoms with Gasteiger partial charge in [0.05, 0.1) is 18.7 Å². The monoisotopic (exact) mass is 270 g/mol. The molecule has 0 saturated heterocycles. The van der Waals surface area contributed by atoms with Crippen LogP contribution in [-0.4, -0.2) is 31.8 Å². The molecule has 0 aliphatic rings. The van der Waals surface area contributed by atoms with E-state index >= 15 is 0 Å². The normalized spacial score (nSPS) is 10.7. The highest BCUT2D eigenvalue weighted by Crippen LogP contribution is 2.18. The SMILES string of the molecule is COc1ccc(CNc2ncnc3c2cnn3C)cn1. The van der Waals surface area contributed by atoms with Crippen molar-refractivity contribution < 1.29 is 4.74 Å². The van der Waals surface area contributed by atoms with E-state index in [9.17, 15) is 0 Å².